The summed E-state index contributed by atoms with van der Waals surface area (Å²) in [6.07, 6.45) is 2.22. The summed E-state index contributed by atoms with van der Waals surface area (Å²) in [5.41, 5.74) is 3.44. The Morgan fingerprint density at radius 1 is 1.19 bits per heavy atom. The van der Waals surface area contributed by atoms with E-state index in [1.807, 2.05) is 35.2 Å². The molecule has 1 aliphatic rings. The molecular weight excluding hydrogens is 392 g/mol. The Labute approximate surface area is 162 Å². The monoisotopic (exact) mass is 414 g/mol. The molecule has 0 fully saturated rings. The van der Waals surface area contributed by atoms with Gasteiger partial charge in [0.05, 0.1) is 0 Å². The van der Waals surface area contributed by atoms with Gasteiger partial charge in [-0.05, 0) is 60.7 Å². The standard InChI is InChI=1S/C21H23BrN2O2/c1-14(2)10-11-24-19-8-7-18(13-15(19)6-9-20(24)25)23-21(26)16-4-3-5-17(22)12-16/h3-5,7-8,12-14H,6,9-11H2,1-2H3,(H,23,26). The first-order valence-electron chi connectivity index (χ1n) is 8.94. The van der Waals surface area contributed by atoms with Gasteiger partial charge in [-0.1, -0.05) is 35.8 Å². The zero-order chi connectivity index (χ0) is 18.7. The Morgan fingerprint density at radius 2 is 2.00 bits per heavy atom. The van der Waals surface area contributed by atoms with Crippen molar-refractivity contribution in [2.24, 2.45) is 5.92 Å². The van der Waals surface area contributed by atoms with Crippen LogP contribution in [-0.2, 0) is 11.2 Å². The summed E-state index contributed by atoms with van der Waals surface area (Å²) in [5.74, 6) is 0.593. The van der Waals surface area contributed by atoms with E-state index in [0.29, 0.717) is 24.3 Å². The molecule has 0 unspecified atom stereocenters. The fourth-order valence-corrected chi connectivity index (χ4v) is 3.50. The van der Waals surface area contributed by atoms with Crippen molar-refractivity contribution in [2.45, 2.75) is 33.1 Å². The number of halogens is 1. The summed E-state index contributed by atoms with van der Waals surface area (Å²) in [5, 5.41) is 2.95. The first-order valence-corrected chi connectivity index (χ1v) is 9.73. The van der Waals surface area contributed by atoms with Crippen LogP contribution in [0.4, 0.5) is 11.4 Å². The van der Waals surface area contributed by atoms with Gasteiger partial charge in [-0.15, -0.1) is 0 Å². The second kappa shape index (κ2) is 8.04. The first kappa shape index (κ1) is 18.6. The average molecular weight is 415 g/mol. The molecule has 0 aromatic heterocycles. The molecule has 0 saturated heterocycles. The van der Waals surface area contributed by atoms with Crippen molar-refractivity contribution in [2.75, 3.05) is 16.8 Å². The highest BCUT2D eigenvalue weighted by Gasteiger charge is 2.24. The van der Waals surface area contributed by atoms with Crippen LogP contribution >= 0.6 is 15.9 Å². The molecule has 4 nitrogen and oxygen atoms in total. The summed E-state index contributed by atoms with van der Waals surface area (Å²) in [6.45, 7) is 5.07. The largest absolute Gasteiger partial charge is 0.322 e. The number of nitrogens with zero attached hydrogens (tertiary/aromatic N) is 1. The highest BCUT2D eigenvalue weighted by Crippen LogP contribution is 2.31. The first-order chi connectivity index (χ1) is 12.4. The number of carbonyl (C=O) groups is 2. The summed E-state index contributed by atoms with van der Waals surface area (Å²) in [6, 6.07) is 13.1. The number of fused-ring (bicyclic) bond motifs is 1. The Kier molecular flexibility index (Phi) is 5.77. The maximum Gasteiger partial charge on any atom is 0.255 e. The van der Waals surface area contributed by atoms with Gasteiger partial charge in [-0.25, -0.2) is 0 Å². The van der Waals surface area contributed by atoms with Crippen molar-refractivity contribution < 1.29 is 9.59 Å². The molecule has 0 bridgehead atoms. The molecule has 2 aromatic rings. The third-order valence-corrected chi connectivity index (χ3v) is 5.05. The van der Waals surface area contributed by atoms with Gasteiger partial charge in [0.15, 0.2) is 0 Å². The van der Waals surface area contributed by atoms with Crippen LogP contribution in [0.2, 0.25) is 0 Å². The van der Waals surface area contributed by atoms with Crippen LogP contribution in [0.1, 0.15) is 42.6 Å². The van der Waals surface area contributed by atoms with Crippen molar-refractivity contribution in [3.8, 4) is 0 Å². The van der Waals surface area contributed by atoms with E-state index >= 15 is 0 Å². The van der Waals surface area contributed by atoms with E-state index in [0.717, 1.165) is 34.4 Å². The number of nitrogens with one attached hydrogen (secondary N) is 1. The van der Waals surface area contributed by atoms with Gasteiger partial charge in [0, 0.05) is 34.4 Å². The third-order valence-electron chi connectivity index (χ3n) is 4.55. The molecular formula is C21H23BrN2O2. The summed E-state index contributed by atoms with van der Waals surface area (Å²) < 4.78 is 0.870. The minimum absolute atomic E-state index is 0.144. The number of hydrogen-bond donors (Lipinski definition) is 1. The van der Waals surface area contributed by atoms with Crippen molar-refractivity contribution in [1.82, 2.24) is 0 Å². The molecule has 0 radical (unpaired) electrons. The van der Waals surface area contributed by atoms with Crippen molar-refractivity contribution in [1.29, 1.82) is 0 Å². The fourth-order valence-electron chi connectivity index (χ4n) is 3.10. The lowest BCUT2D eigenvalue weighted by molar-refractivity contribution is -0.118. The highest BCUT2D eigenvalue weighted by atomic mass is 79.9. The molecule has 1 N–H and O–H groups in total. The van der Waals surface area contributed by atoms with E-state index in [1.165, 1.54) is 0 Å². The lowest BCUT2D eigenvalue weighted by Crippen LogP contribution is -2.36. The number of hydrogen-bond acceptors (Lipinski definition) is 2. The molecule has 0 aliphatic carbocycles. The molecule has 3 rings (SSSR count). The van der Waals surface area contributed by atoms with E-state index in [9.17, 15) is 9.59 Å². The van der Waals surface area contributed by atoms with Gasteiger partial charge in [0.1, 0.15) is 0 Å². The topological polar surface area (TPSA) is 49.4 Å². The quantitative estimate of drug-likeness (QED) is 0.745. The van der Waals surface area contributed by atoms with Crippen LogP contribution in [0.25, 0.3) is 0 Å². The minimum atomic E-state index is -0.144. The Hall–Kier alpha value is -2.14. The van der Waals surface area contributed by atoms with Crippen molar-refractivity contribution in [3.05, 3.63) is 58.1 Å². The van der Waals surface area contributed by atoms with Crippen LogP contribution in [0.15, 0.2) is 46.9 Å². The number of aryl methyl sites for hydroxylation is 1. The predicted octanol–water partition coefficient (Wildman–Crippen LogP) is 5.03. The molecule has 2 aromatic carbocycles. The van der Waals surface area contributed by atoms with Crippen LogP contribution in [-0.4, -0.2) is 18.4 Å². The Balaban J connectivity index is 1.78. The van der Waals surface area contributed by atoms with Gasteiger partial charge in [-0.2, -0.15) is 0 Å². The van der Waals surface area contributed by atoms with Crippen molar-refractivity contribution in [3.63, 3.8) is 0 Å². The van der Waals surface area contributed by atoms with Crippen LogP contribution in [0.5, 0.6) is 0 Å². The number of benzene rings is 2. The van der Waals surface area contributed by atoms with Crippen molar-refractivity contribution >= 4 is 39.1 Å². The molecule has 0 atom stereocenters. The molecule has 1 aliphatic heterocycles. The van der Waals surface area contributed by atoms with E-state index in [2.05, 4.69) is 35.1 Å². The van der Waals surface area contributed by atoms with Gasteiger partial charge >= 0.3 is 0 Å². The number of amides is 2. The second-order valence-electron chi connectivity index (χ2n) is 7.04. The predicted molar refractivity (Wildman–Crippen MR) is 109 cm³/mol. The lowest BCUT2D eigenvalue weighted by atomic mass is 9.99. The van der Waals surface area contributed by atoms with Gasteiger partial charge in [0.25, 0.3) is 5.91 Å². The van der Waals surface area contributed by atoms with E-state index in [4.69, 9.17) is 0 Å². The molecule has 136 valence electrons. The minimum Gasteiger partial charge on any atom is -0.322 e. The van der Waals surface area contributed by atoms with E-state index in [1.54, 1.807) is 12.1 Å². The Bertz CT molecular complexity index is 833. The zero-order valence-electron chi connectivity index (χ0n) is 15.1. The molecule has 5 heteroatoms. The van der Waals surface area contributed by atoms with Crippen LogP contribution in [0, 0.1) is 5.92 Å². The maximum atomic E-state index is 12.4. The number of carbonyl (C=O) groups excluding carboxylic acids is 2. The average Bonchev–Trinajstić information content (AvgIpc) is 2.60. The summed E-state index contributed by atoms with van der Waals surface area (Å²) in [4.78, 5) is 26.6. The summed E-state index contributed by atoms with van der Waals surface area (Å²) in [7, 11) is 0. The maximum absolute atomic E-state index is 12.4. The van der Waals surface area contributed by atoms with Crippen LogP contribution < -0.4 is 10.2 Å². The fraction of sp³-hybridized carbons (Fsp3) is 0.333. The Morgan fingerprint density at radius 3 is 2.73 bits per heavy atom. The third kappa shape index (κ3) is 4.33. The molecule has 0 saturated carbocycles. The van der Waals surface area contributed by atoms with Gasteiger partial charge in [-0.3, -0.25) is 9.59 Å². The molecule has 2 amide bonds. The SMILES string of the molecule is CC(C)CCN1C(=O)CCc2cc(NC(=O)c3cccc(Br)c3)ccc21. The highest BCUT2D eigenvalue weighted by molar-refractivity contribution is 9.10. The molecule has 0 spiro atoms. The van der Waals surface area contributed by atoms with Crippen LogP contribution in [0.3, 0.4) is 0 Å². The second-order valence-corrected chi connectivity index (χ2v) is 7.95. The smallest absolute Gasteiger partial charge is 0.255 e. The number of rotatable bonds is 5. The van der Waals surface area contributed by atoms with Gasteiger partial charge < -0.3 is 10.2 Å². The normalized spacial score (nSPS) is 13.7. The van der Waals surface area contributed by atoms with E-state index < -0.39 is 0 Å². The van der Waals surface area contributed by atoms with E-state index in [-0.39, 0.29) is 11.8 Å². The zero-order valence-corrected chi connectivity index (χ0v) is 16.7. The lowest BCUT2D eigenvalue weighted by Gasteiger charge is -2.30. The molecule has 1 heterocycles. The number of anilines is 2. The molecule has 26 heavy (non-hydrogen) atoms. The van der Waals surface area contributed by atoms with Gasteiger partial charge in [0.2, 0.25) is 5.91 Å². The summed E-state index contributed by atoms with van der Waals surface area (Å²) >= 11 is 3.38.